The van der Waals surface area contributed by atoms with Crippen LogP contribution in [0.25, 0.3) is 0 Å². The summed E-state index contributed by atoms with van der Waals surface area (Å²) in [6.45, 7) is 5.22. The van der Waals surface area contributed by atoms with E-state index < -0.39 is 0 Å². The summed E-state index contributed by atoms with van der Waals surface area (Å²) in [4.78, 5) is 25.8. The minimum absolute atomic E-state index is 0.110. The van der Waals surface area contributed by atoms with Gasteiger partial charge < -0.3 is 24.3 Å². The van der Waals surface area contributed by atoms with Crippen molar-refractivity contribution in [3.63, 3.8) is 0 Å². The molecule has 0 bridgehead atoms. The van der Waals surface area contributed by atoms with Crippen LogP contribution in [0.2, 0.25) is 0 Å². The number of pyridine rings is 1. The molecule has 1 aliphatic rings. The van der Waals surface area contributed by atoms with Crippen molar-refractivity contribution in [2.75, 3.05) is 25.0 Å². The molecule has 138 valence electrons. The van der Waals surface area contributed by atoms with Crippen LogP contribution in [0, 0.1) is 6.92 Å². The minimum atomic E-state index is -0.197. The quantitative estimate of drug-likeness (QED) is 0.892. The molecular formula is C19H23N3O4. The number of benzene rings is 1. The number of aromatic nitrogens is 1. The molecule has 0 spiro atoms. The Hall–Kier alpha value is -2.96. The normalized spacial score (nSPS) is 13.9. The Bertz CT molecular complexity index is 856. The molecule has 1 aromatic heterocycles. The molecule has 26 heavy (non-hydrogen) atoms. The molecule has 1 fully saturated rings. The van der Waals surface area contributed by atoms with Crippen LogP contribution in [-0.4, -0.2) is 41.3 Å². The smallest absolute Gasteiger partial charge is 0.322 e. The topological polar surface area (TPSA) is 72.8 Å². The van der Waals surface area contributed by atoms with E-state index in [0.29, 0.717) is 36.9 Å². The highest BCUT2D eigenvalue weighted by atomic mass is 16.5. The number of nitrogens with one attached hydrogen (secondary N) is 1. The molecule has 7 heteroatoms. The largest absolute Gasteiger partial charge is 0.492 e. The molecule has 2 heterocycles. The van der Waals surface area contributed by atoms with Crippen molar-refractivity contribution in [1.29, 1.82) is 0 Å². The van der Waals surface area contributed by atoms with Gasteiger partial charge in [0, 0.05) is 18.8 Å². The van der Waals surface area contributed by atoms with E-state index in [1.807, 2.05) is 38.1 Å². The molecule has 1 saturated heterocycles. The number of amides is 2. The standard InChI is InChI=1S/C19H23N3O4/c1-4-25-17-8-6-5-7-16(17)20-19(24)22-11-15(12-22)26-14-9-13(2)21(3)18(23)10-14/h5-10,15H,4,11-12H2,1-3H3,(H,20,24). The number of urea groups is 1. The van der Waals surface area contributed by atoms with Gasteiger partial charge in [-0.05, 0) is 32.0 Å². The van der Waals surface area contributed by atoms with E-state index in [0.717, 1.165) is 5.69 Å². The van der Waals surface area contributed by atoms with Gasteiger partial charge in [0.2, 0.25) is 0 Å². The average Bonchev–Trinajstić information content (AvgIpc) is 2.57. The average molecular weight is 357 g/mol. The zero-order chi connectivity index (χ0) is 18.7. The number of para-hydroxylation sites is 2. The van der Waals surface area contributed by atoms with E-state index in [1.165, 1.54) is 6.07 Å². The van der Waals surface area contributed by atoms with Crippen LogP contribution in [-0.2, 0) is 7.05 Å². The first-order valence-electron chi connectivity index (χ1n) is 8.60. The van der Waals surface area contributed by atoms with Crippen LogP contribution < -0.4 is 20.3 Å². The van der Waals surface area contributed by atoms with Crippen molar-refractivity contribution in [3.8, 4) is 11.5 Å². The highest BCUT2D eigenvalue weighted by molar-refractivity contribution is 5.91. The second-order valence-electron chi connectivity index (χ2n) is 6.23. The fraction of sp³-hybridized carbons (Fsp3) is 0.368. The predicted molar refractivity (Wildman–Crippen MR) is 99.0 cm³/mol. The number of carbonyl (C=O) groups excluding carboxylic acids is 1. The van der Waals surface area contributed by atoms with Gasteiger partial charge in [-0.25, -0.2) is 4.79 Å². The second kappa shape index (κ2) is 7.51. The van der Waals surface area contributed by atoms with Crippen LogP contribution in [0.3, 0.4) is 0 Å². The van der Waals surface area contributed by atoms with Gasteiger partial charge in [0.05, 0.1) is 25.4 Å². The molecular weight excluding hydrogens is 334 g/mol. The monoisotopic (exact) mass is 357 g/mol. The number of hydrogen-bond donors (Lipinski definition) is 1. The Labute approximate surface area is 152 Å². The van der Waals surface area contributed by atoms with Crippen LogP contribution in [0.15, 0.2) is 41.2 Å². The number of rotatable bonds is 5. The van der Waals surface area contributed by atoms with Gasteiger partial charge >= 0.3 is 6.03 Å². The molecule has 1 N–H and O–H groups in total. The van der Waals surface area contributed by atoms with E-state index in [-0.39, 0.29) is 17.7 Å². The van der Waals surface area contributed by atoms with Crippen molar-refractivity contribution < 1.29 is 14.3 Å². The molecule has 2 aromatic rings. The lowest BCUT2D eigenvalue weighted by molar-refractivity contribution is 0.0490. The molecule has 0 unspecified atom stereocenters. The van der Waals surface area contributed by atoms with Crippen LogP contribution in [0.1, 0.15) is 12.6 Å². The lowest BCUT2D eigenvalue weighted by atomic mass is 10.2. The van der Waals surface area contributed by atoms with Gasteiger partial charge in [0.25, 0.3) is 5.56 Å². The Kier molecular flexibility index (Phi) is 5.16. The van der Waals surface area contributed by atoms with E-state index in [2.05, 4.69) is 5.32 Å². The maximum absolute atomic E-state index is 12.4. The Morgan fingerprint density at radius 2 is 2.00 bits per heavy atom. The van der Waals surface area contributed by atoms with Gasteiger partial charge in [-0.2, -0.15) is 0 Å². The molecule has 0 radical (unpaired) electrons. The summed E-state index contributed by atoms with van der Waals surface area (Å²) in [7, 11) is 1.72. The summed E-state index contributed by atoms with van der Waals surface area (Å²) in [6, 6.07) is 10.4. The Balaban J connectivity index is 1.55. The van der Waals surface area contributed by atoms with Gasteiger partial charge in [0.15, 0.2) is 0 Å². The maximum Gasteiger partial charge on any atom is 0.322 e. The van der Waals surface area contributed by atoms with E-state index in [1.54, 1.807) is 22.6 Å². The summed E-state index contributed by atoms with van der Waals surface area (Å²) in [6.07, 6.45) is -0.116. The van der Waals surface area contributed by atoms with Gasteiger partial charge in [-0.15, -0.1) is 0 Å². The molecule has 0 atom stereocenters. The SMILES string of the molecule is CCOc1ccccc1NC(=O)N1CC(Oc2cc(C)n(C)c(=O)c2)C1. The fourth-order valence-corrected chi connectivity index (χ4v) is 2.72. The summed E-state index contributed by atoms with van der Waals surface area (Å²) in [5.41, 5.74) is 1.36. The summed E-state index contributed by atoms with van der Waals surface area (Å²) >= 11 is 0. The first-order chi connectivity index (χ1) is 12.5. The van der Waals surface area contributed by atoms with Crippen molar-refractivity contribution in [1.82, 2.24) is 9.47 Å². The lowest BCUT2D eigenvalue weighted by Crippen LogP contribution is -2.57. The number of likely N-dealkylation sites (tertiary alicyclic amines) is 1. The molecule has 1 aromatic carbocycles. The molecule has 1 aliphatic heterocycles. The first-order valence-corrected chi connectivity index (χ1v) is 8.60. The fourth-order valence-electron chi connectivity index (χ4n) is 2.72. The number of ether oxygens (including phenoxy) is 2. The molecule has 3 rings (SSSR count). The zero-order valence-electron chi connectivity index (χ0n) is 15.2. The van der Waals surface area contributed by atoms with E-state index >= 15 is 0 Å². The van der Waals surface area contributed by atoms with Crippen molar-refractivity contribution in [2.45, 2.75) is 20.0 Å². The van der Waals surface area contributed by atoms with Crippen LogP contribution in [0.4, 0.5) is 10.5 Å². The van der Waals surface area contributed by atoms with Crippen molar-refractivity contribution >= 4 is 11.7 Å². The molecule has 0 saturated carbocycles. The third-order valence-corrected chi connectivity index (χ3v) is 4.34. The van der Waals surface area contributed by atoms with E-state index in [4.69, 9.17) is 9.47 Å². The number of hydrogen-bond acceptors (Lipinski definition) is 4. The Morgan fingerprint density at radius 3 is 2.69 bits per heavy atom. The summed E-state index contributed by atoms with van der Waals surface area (Å²) < 4.78 is 12.9. The number of carbonyl (C=O) groups is 1. The molecule has 7 nitrogen and oxygen atoms in total. The van der Waals surface area contributed by atoms with E-state index in [9.17, 15) is 9.59 Å². The number of anilines is 1. The second-order valence-corrected chi connectivity index (χ2v) is 6.23. The number of nitrogens with zero attached hydrogens (tertiary/aromatic N) is 2. The maximum atomic E-state index is 12.4. The Morgan fingerprint density at radius 1 is 1.27 bits per heavy atom. The first kappa shape index (κ1) is 17.8. The minimum Gasteiger partial charge on any atom is -0.492 e. The van der Waals surface area contributed by atoms with Gasteiger partial charge in [-0.1, -0.05) is 12.1 Å². The van der Waals surface area contributed by atoms with Gasteiger partial charge in [-0.3, -0.25) is 4.79 Å². The lowest BCUT2D eigenvalue weighted by Gasteiger charge is -2.38. The molecule has 0 aliphatic carbocycles. The summed E-state index contributed by atoms with van der Waals surface area (Å²) in [5.74, 6) is 1.18. The number of aryl methyl sites for hydroxylation is 1. The van der Waals surface area contributed by atoms with Gasteiger partial charge in [0.1, 0.15) is 17.6 Å². The van der Waals surface area contributed by atoms with Crippen LogP contribution in [0.5, 0.6) is 11.5 Å². The highest BCUT2D eigenvalue weighted by Gasteiger charge is 2.32. The molecule has 2 amide bonds. The summed E-state index contributed by atoms with van der Waals surface area (Å²) in [5, 5.41) is 2.86. The third-order valence-electron chi connectivity index (χ3n) is 4.34. The third kappa shape index (κ3) is 3.82. The highest BCUT2D eigenvalue weighted by Crippen LogP contribution is 2.25. The zero-order valence-corrected chi connectivity index (χ0v) is 15.2. The van der Waals surface area contributed by atoms with Crippen LogP contribution >= 0.6 is 0 Å². The van der Waals surface area contributed by atoms with Crippen molar-refractivity contribution in [3.05, 3.63) is 52.4 Å². The van der Waals surface area contributed by atoms with Crippen molar-refractivity contribution in [2.24, 2.45) is 7.05 Å². The predicted octanol–water partition coefficient (Wildman–Crippen LogP) is 2.39.